The van der Waals surface area contributed by atoms with Gasteiger partial charge in [-0.2, -0.15) is 12.1 Å². The van der Waals surface area contributed by atoms with Gasteiger partial charge >= 0.3 is 0 Å². The summed E-state index contributed by atoms with van der Waals surface area (Å²) in [4.78, 5) is 9.44. The van der Waals surface area contributed by atoms with E-state index in [1.807, 2.05) is 24.4 Å². The Morgan fingerprint density at radius 1 is 0.603 bits per heavy atom. The van der Waals surface area contributed by atoms with Gasteiger partial charge in [0.25, 0.3) is 0 Å². The molecule has 0 spiro atoms. The number of benzene rings is 5. The number of hydrogen-bond donors (Lipinski definition) is 0. The first-order chi connectivity index (χ1) is 26.8. The number of para-hydroxylation sites is 2. The zero-order valence-corrected chi connectivity index (χ0v) is 39.3. The Balaban J connectivity index is 0.00000512. The number of anilines is 4. The zero-order chi connectivity index (χ0) is 40.7. The Bertz CT molecular complexity index is 2620. The molecule has 302 valence electrons. The van der Waals surface area contributed by atoms with Crippen molar-refractivity contribution in [2.45, 2.75) is 98.2 Å². The molecule has 5 nitrogen and oxygen atoms in total. The van der Waals surface area contributed by atoms with Crippen molar-refractivity contribution in [2.75, 3.05) is 9.80 Å². The summed E-state index contributed by atoms with van der Waals surface area (Å²) < 4.78 is 8.91. The molecule has 0 aliphatic carbocycles. The maximum atomic E-state index is 6.64. The van der Waals surface area contributed by atoms with E-state index in [0.717, 1.165) is 45.0 Å². The predicted octanol–water partition coefficient (Wildman–Crippen LogP) is 13.4. The molecular formula is C51H55N4OPtSi-3. The maximum absolute atomic E-state index is 6.64. The fourth-order valence-electron chi connectivity index (χ4n) is 7.57. The van der Waals surface area contributed by atoms with Gasteiger partial charge in [0.2, 0.25) is 0 Å². The molecule has 7 aromatic rings. The van der Waals surface area contributed by atoms with Gasteiger partial charge in [-0.1, -0.05) is 123 Å². The van der Waals surface area contributed by atoms with Crippen LogP contribution in [-0.2, 0) is 37.3 Å². The van der Waals surface area contributed by atoms with Gasteiger partial charge in [0, 0.05) is 61.3 Å². The van der Waals surface area contributed by atoms with E-state index in [4.69, 9.17) is 9.72 Å². The van der Waals surface area contributed by atoms with E-state index in [0.29, 0.717) is 11.5 Å². The standard InChI is InChI=1S/C51H55N4OSi.Pt/c1-49(2,3)34-24-25-52-48(29-34)55-46-31-40(20-22-42(46)43-23-21-41(32-47(43)55)57(10,11)12)56-39-17-15-16-37(30-39)53-33-54(45-19-14-13-18-44(45)53)38-27-35(50(4,5)6)26-36(28-38)51(7,8)9;/h13-29,32-33H,1-12H3;/q-3;. The summed E-state index contributed by atoms with van der Waals surface area (Å²) in [5, 5.41) is 3.71. The van der Waals surface area contributed by atoms with Crippen LogP contribution in [0.3, 0.4) is 0 Å². The molecule has 0 saturated heterocycles. The molecule has 1 aliphatic heterocycles. The van der Waals surface area contributed by atoms with Crippen LogP contribution in [0, 0.1) is 18.8 Å². The number of fused-ring (bicyclic) bond motifs is 4. The molecule has 8 rings (SSSR count). The van der Waals surface area contributed by atoms with E-state index in [1.54, 1.807) is 0 Å². The van der Waals surface area contributed by atoms with Crippen molar-refractivity contribution in [2.24, 2.45) is 0 Å². The molecule has 0 fully saturated rings. The maximum Gasteiger partial charge on any atom is 0.135 e. The minimum atomic E-state index is -1.59. The van der Waals surface area contributed by atoms with Crippen molar-refractivity contribution >= 4 is 57.8 Å². The molecule has 58 heavy (non-hydrogen) atoms. The van der Waals surface area contributed by atoms with Crippen LogP contribution in [0.4, 0.5) is 22.7 Å². The van der Waals surface area contributed by atoms with E-state index in [1.165, 1.54) is 27.3 Å². The van der Waals surface area contributed by atoms with Crippen molar-refractivity contribution < 1.29 is 25.8 Å². The number of pyridine rings is 1. The van der Waals surface area contributed by atoms with Gasteiger partial charge < -0.3 is 19.1 Å². The quantitative estimate of drug-likeness (QED) is 0.123. The molecule has 0 bridgehead atoms. The summed E-state index contributed by atoms with van der Waals surface area (Å²) in [6.07, 6.45) is 1.93. The van der Waals surface area contributed by atoms with E-state index >= 15 is 0 Å². The largest absolute Gasteiger partial charge is 0.509 e. The Labute approximate surface area is 361 Å². The van der Waals surface area contributed by atoms with Crippen LogP contribution in [0.5, 0.6) is 11.5 Å². The van der Waals surface area contributed by atoms with Crippen LogP contribution in [-0.4, -0.2) is 17.6 Å². The molecule has 0 saturated carbocycles. The van der Waals surface area contributed by atoms with Gasteiger partial charge in [-0.05, 0) is 80.8 Å². The Morgan fingerprint density at radius 2 is 1.22 bits per heavy atom. The molecule has 5 aromatic carbocycles. The van der Waals surface area contributed by atoms with E-state index in [9.17, 15) is 0 Å². The Hall–Kier alpha value is -4.64. The summed E-state index contributed by atoms with van der Waals surface area (Å²) in [6, 6.07) is 44.4. The number of aromatic nitrogens is 2. The number of nitrogens with zero attached hydrogens (tertiary/aromatic N) is 4. The van der Waals surface area contributed by atoms with E-state index in [2.05, 4.69) is 200 Å². The number of hydrogen-bond acceptors (Lipinski definition) is 4. The predicted molar refractivity (Wildman–Crippen MR) is 243 cm³/mol. The van der Waals surface area contributed by atoms with Gasteiger partial charge in [-0.15, -0.1) is 48.1 Å². The second-order valence-electron chi connectivity index (χ2n) is 19.7. The van der Waals surface area contributed by atoms with Crippen LogP contribution < -0.4 is 19.7 Å². The van der Waals surface area contributed by atoms with Gasteiger partial charge in [-0.25, -0.2) is 4.98 Å². The molecule has 0 amide bonds. The molecule has 0 unspecified atom stereocenters. The first kappa shape index (κ1) is 41.5. The topological polar surface area (TPSA) is 33.5 Å². The fourth-order valence-corrected chi connectivity index (χ4v) is 8.73. The van der Waals surface area contributed by atoms with Crippen molar-refractivity contribution in [3.8, 4) is 17.3 Å². The van der Waals surface area contributed by atoms with Crippen LogP contribution in [0.25, 0.3) is 27.6 Å². The van der Waals surface area contributed by atoms with Gasteiger partial charge in [0.05, 0.1) is 8.07 Å². The smallest absolute Gasteiger partial charge is 0.135 e. The van der Waals surface area contributed by atoms with Crippen molar-refractivity contribution in [3.05, 3.63) is 145 Å². The van der Waals surface area contributed by atoms with Gasteiger partial charge in [-0.3, -0.25) is 0 Å². The molecule has 0 radical (unpaired) electrons. The second kappa shape index (κ2) is 14.9. The number of ether oxygens (including phenoxy) is 1. The van der Waals surface area contributed by atoms with Crippen molar-refractivity contribution in [3.63, 3.8) is 0 Å². The minimum Gasteiger partial charge on any atom is -0.509 e. The van der Waals surface area contributed by atoms with Crippen LogP contribution in [0.2, 0.25) is 19.6 Å². The zero-order valence-electron chi connectivity index (χ0n) is 36.0. The van der Waals surface area contributed by atoms with E-state index in [-0.39, 0.29) is 37.3 Å². The average molecular weight is 963 g/mol. The van der Waals surface area contributed by atoms with Gasteiger partial charge in [0.1, 0.15) is 5.82 Å². The summed E-state index contributed by atoms with van der Waals surface area (Å²) in [5.74, 6) is 2.12. The molecular weight excluding hydrogens is 908 g/mol. The summed E-state index contributed by atoms with van der Waals surface area (Å²) in [7, 11) is -1.59. The third kappa shape index (κ3) is 7.90. The molecule has 0 N–H and O–H groups in total. The SMILES string of the molecule is CC(C)(C)c1cc(N2[CH-]N(c3[c-]c(Oc4[c-]c5c(cc4)c4ccc([Si](C)(C)C)cc4n5-c4cc(C(C)(C)C)ccn4)ccc3)c3ccccc32)cc(C(C)(C)C)c1.[Pt]. The number of rotatable bonds is 6. The molecule has 3 heterocycles. The fraction of sp³-hybridized carbons (Fsp3) is 0.294. The third-order valence-electron chi connectivity index (χ3n) is 11.1. The third-order valence-corrected chi connectivity index (χ3v) is 13.2. The Kier molecular flexibility index (Phi) is 10.6. The van der Waals surface area contributed by atoms with Crippen molar-refractivity contribution in [1.82, 2.24) is 9.55 Å². The van der Waals surface area contributed by atoms with Gasteiger partial charge in [0.15, 0.2) is 0 Å². The summed E-state index contributed by atoms with van der Waals surface area (Å²) >= 11 is 0. The second-order valence-corrected chi connectivity index (χ2v) is 24.7. The molecule has 7 heteroatoms. The van der Waals surface area contributed by atoms with Crippen LogP contribution in [0.1, 0.15) is 79.0 Å². The normalized spacial score (nSPS) is 13.6. The van der Waals surface area contributed by atoms with Crippen LogP contribution in [0.15, 0.2) is 109 Å². The summed E-state index contributed by atoms with van der Waals surface area (Å²) in [5.41, 5.74) is 10.2. The first-order valence-electron chi connectivity index (χ1n) is 20.1. The van der Waals surface area contributed by atoms with Crippen molar-refractivity contribution in [1.29, 1.82) is 0 Å². The van der Waals surface area contributed by atoms with E-state index < -0.39 is 8.07 Å². The first-order valence-corrected chi connectivity index (χ1v) is 23.6. The Morgan fingerprint density at radius 3 is 1.86 bits per heavy atom. The minimum absolute atomic E-state index is 0. The molecule has 2 aromatic heterocycles. The monoisotopic (exact) mass is 962 g/mol. The molecule has 0 atom stereocenters. The van der Waals surface area contributed by atoms with Crippen LogP contribution >= 0.6 is 0 Å². The molecule has 1 aliphatic rings. The summed E-state index contributed by atoms with van der Waals surface area (Å²) in [6.45, 7) is 29.8. The average Bonchev–Trinajstić information content (AvgIpc) is 3.69.